The van der Waals surface area contributed by atoms with Crippen molar-refractivity contribution in [3.63, 3.8) is 0 Å². The van der Waals surface area contributed by atoms with Gasteiger partial charge in [0.15, 0.2) is 0 Å². The Kier molecular flexibility index (Phi) is 3.57. The molecule has 1 aliphatic heterocycles. The fourth-order valence-corrected chi connectivity index (χ4v) is 1.49. The quantitative estimate of drug-likeness (QED) is 0.845. The monoisotopic (exact) mass is 250 g/mol. The molecule has 0 saturated carbocycles. The first-order chi connectivity index (χ1) is 8.56. The van der Waals surface area contributed by atoms with Gasteiger partial charge in [0.1, 0.15) is 5.82 Å². The zero-order chi connectivity index (χ0) is 13.1. The molecule has 1 aromatic rings. The van der Waals surface area contributed by atoms with Crippen molar-refractivity contribution >= 4 is 11.6 Å². The van der Waals surface area contributed by atoms with Gasteiger partial charge in [0, 0.05) is 18.2 Å². The van der Waals surface area contributed by atoms with Crippen molar-refractivity contribution in [3.8, 4) is 0 Å². The lowest BCUT2D eigenvalue weighted by Gasteiger charge is -2.14. The molecule has 0 saturated heterocycles. The lowest BCUT2D eigenvalue weighted by Crippen LogP contribution is -2.31. The topological polar surface area (TPSA) is 57.3 Å². The lowest BCUT2D eigenvalue weighted by molar-refractivity contribution is -0.123. The molecule has 0 spiro atoms. The molecule has 5 nitrogen and oxygen atoms in total. The third-order valence-corrected chi connectivity index (χ3v) is 2.50. The third kappa shape index (κ3) is 2.84. The van der Waals surface area contributed by atoms with E-state index in [0.717, 1.165) is 11.9 Å². The predicted octanol–water partition coefficient (Wildman–Crippen LogP) is 1.16. The average Bonchev–Trinajstić information content (AvgIpc) is 2.77. The minimum Gasteiger partial charge on any atom is -0.327 e. The molecule has 96 valence electrons. The van der Waals surface area contributed by atoms with E-state index in [1.165, 1.54) is 6.07 Å². The molecular weight excluding hydrogens is 235 g/mol. The summed E-state index contributed by atoms with van der Waals surface area (Å²) in [5.74, 6) is -0.514. The number of amides is 1. The number of rotatable bonds is 3. The molecular formula is C12H15FN4O. The number of nitrogens with zero attached hydrogens (tertiary/aromatic N) is 2. The molecule has 0 aromatic carbocycles. The largest absolute Gasteiger partial charge is 0.327 e. The summed E-state index contributed by atoms with van der Waals surface area (Å²) >= 11 is 0. The Morgan fingerprint density at radius 3 is 3.00 bits per heavy atom. The number of anilines is 1. The third-order valence-electron chi connectivity index (χ3n) is 2.50. The van der Waals surface area contributed by atoms with Crippen LogP contribution >= 0.6 is 0 Å². The second-order valence-electron chi connectivity index (χ2n) is 4.36. The standard InChI is InChI=1S/C12H15FN4O/c1-8(2)12(18)16-10-5-15-17(7-10)11-3-9(13)4-14-6-11/h3-4,6-8,15H,5H2,1-2H3,(H,16,18). The van der Waals surface area contributed by atoms with Crippen molar-refractivity contribution < 1.29 is 9.18 Å². The van der Waals surface area contributed by atoms with Crippen molar-refractivity contribution in [1.29, 1.82) is 0 Å². The molecule has 0 radical (unpaired) electrons. The molecule has 2 N–H and O–H groups in total. The fourth-order valence-electron chi connectivity index (χ4n) is 1.49. The van der Waals surface area contributed by atoms with Crippen LogP contribution in [0.25, 0.3) is 0 Å². The van der Waals surface area contributed by atoms with Gasteiger partial charge in [-0.25, -0.2) is 9.82 Å². The van der Waals surface area contributed by atoms with Crippen LogP contribution in [0.5, 0.6) is 0 Å². The Morgan fingerprint density at radius 1 is 1.56 bits per heavy atom. The molecule has 6 heteroatoms. The van der Waals surface area contributed by atoms with Crippen LogP contribution < -0.4 is 15.8 Å². The van der Waals surface area contributed by atoms with Gasteiger partial charge in [-0.2, -0.15) is 0 Å². The highest BCUT2D eigenvalue weighted by Gasteiger charge is 2.17. The summed E-state index contributed by atoms with van der Waals surface area (Å²) in [4.78, 5) is 15.3. The summed E-state index contributed by atoms with van der Waals surface area (Å²) in [6.45, 7) is 4.15. The molecule has 0 unspecified atom stereocenters. The predicted molar refractivity (Wildman–Crippen MR) is 65.7 cm³/mol. The molecule has 1 aliphatic rings. The molecule has 1 amide bonds. The van der Waals surface area contributed by atoms with Crippen LogP contribution in [0.15, 0.2) is 30.4 Å². The molecule has 0 aliphatic carbocycles. The first kappa shape index (κ1) is 12.5. The SMILES string of the molecule is CC(C)C(=O)NC1=CN(c2cncc(F)c2)NC1. The number of carbonyl (C=O) groups is 1. The van der Waals surface area contributed by atoms with E-state index in [1.54, 1.807) is 17.4 Å². The van der Waals surface area contributed by atoms with Gasteiger partial charge in [-0.05, 0) is 0 Å². The highest BCUT2D eigenvalue weighted by Crippen LogP contribution is 2.16. The number of halogens is 1. The van der Waals surface area contributed by atoms with Gasteiger partial charge in [-0.1, -0.05) is 13.8 Å². The molecule has 0 bridgehead atoms. The van der Waals surface area contributed by atoms with Crippen LogP contribution in [0, 0.1) is 11.7 Å². The summed E-state index contributed by atoms with van der Waals surface area (Å²) in [7, 11) is 0. The van der Waals surface area contributed by atoms with Gasteiger partial charge >= 0.3 is 0 Å². The van der Waals surface area contributed by atoms with E-state index < -0.39 is 5.82 Å². The average molecular weight is 250 g/mol. The Balaban J connectivity index is 2.06. The maximum Gasteiger partial charge on any atom is 0.226 e. The highest BCUT2D eigenvalue weighted by molar-refractivity contribution is 5.79. The molecule has 0 fully saturated rings. The molecule has 0 atom stereocenters. The summed E-state index contributed by atoms with van der Waals surface area (Å²) in [5.41, 5.74) is 4.35. The van der Waals surface area contributed by atoms with Crippen molar-refractivity contribution in [3.05, 3.63) is 36.2 Å². The molecule has 2 rings (SSSR count). The van der Waals surface area contributed by atoms with Gasteiger partial charge in [0.25, 0.3) is 0 Å². The Hall–Kier alpha value is -1.95. The van der Waals surface area contributed by atoms with Crippen molar-refractivity contribution in [2.24, 2.45) is 5.92 Å². The second-order valence-corrected chi connectivity index (χ2v) is 4.36. The molecule has 1 aromatic heterocycles. The Morgan fingerprint density at radius 2 is 2.33 bits per heavy atom. The number of hydrazine groups is 1. The molecule has 18 heavy (non-hydrogen) atoms. The molecule has 2 heterocycles. The highest BCUT2D eigenvalue weighted by atomic mass is 19.1. The minimum atomic E-state index is -0.401. The van der Waals surface area contributed by atoms with Crippen LogP contribution in [0.4, 0.5) is 10.1 Å². The van der Waals surface area contributed by atoms with Gasteiger partial charge in [0.05, 0.1) is 30.3 Å². The van der Waals surface area contributed by atoms with Crippen molar-refractivity contribution in [2.45, 2.75) is 13.8 Å². The zero-order valence-corrected chi connectivity index (χ0v) is 10.3. The maximum absolute atomic E-state index is 13.0. The van der Waals surface area contributed by atoms with E-state index in [9.17, 15) is 9.18 Å². The normalized spacial score (nSPS) is 14.9. The van der Waals surface area contributed by atoms with Crippen LogP contribution in [-0.4, -0.2) is 17.4 Å². The minimum absolute atomic E-state index is 0.0396. The number of hydrogen-bond donors (Lipinski definition) is 2. The van der Waals surface area contributed by atoms with Crippen LogP contribution in [-0.2, 0) is 4.79 Å². The van der Waals surface area contributed by atoms with Gasteiger partial charge in [-0.15, -0.1) is 0 Å². The fraction of sp³-hybridized carbons (Fsp3) is 0.333. The summed E-state index contributed by atoms with van der Waals surface area (Å²) in [5, 5.41) is 4.43. The number of aromatic nitrogens is 1. The summed E-state index contributed by atoms with van der Waals surface area (Å²) < 4.78 is 13.0. The lowest BCUT2D eigenvalue weighted by atomic mass is 10.2. The number of carbonyl (C=O) groups excluding carboxylic acids is 1. The van der Waals surface area contributed by atoms with Gasteiger partial charge < -0.3 is 5.32 Å². The van der Waals surface area contributed by atoms with Crippen molar-refractivity contribution in [1.82, 2.24) is 15.7 Å². The first-order valence-corrected chi connectivity index (χ1v) is 5.71. The van der Waals surface area contributed by atoms with E-state index in [2.05, 4.69) is 15.7 Å². The Labute approximate surface area is 105 Å². The maximum atomic E-state index is 13.0. The van der Waals surface area contributed by atoms with Gasteiger partial charge in [0.2, 0.25) is 5.91 Å². The van der Waals surface area contributed by atoms with Crippen molar-refractivity contribution in [2.75, 3.05) is 11.6 Å². The summed E-state index contributed by atoms with van der Waals surface area (Å²) in [6, 6.07) is 1.36. The number of hydrogen-bond acceptors (Lipinski definition) is 4. The second kappa shape index (κ2) is 5.14. The van der Waals surface area contributed by atoms with Gasteiger partial charge in [-0.3, -0.25) is 14.8 Å². The van der Waals surface area contributed by atoms with Crippen LogP contribution in [0.3, 0.4) is 0 Å². The zero-order valence-electron chi connectivity index (χ0n) is 10.3. The van der Waals surface area contributed by atoms with Crippen LogP contribution in [0.2, 0.25) is 0 Å². The Bertz CT molecular complexity index is 487. The van der Waals surface area contributed by atoms with Crippen LogP contribution in [0.1, 0.15) is 13.8 Å². The van der Waals surface area contributed by atoms with E-state index in [4.69, 9.17) is 0 Å². The van der Waals surface area contributed by atoms with E-state index >= 15 is 0 Å². The first-order valence-electron chi connectivity index (χ1n) is 5.71. The van der Waals surface area contributed by atoms with E-state index in [-0.39, 0.29) is 11.8 Å². The number of pyridine rings is 1. The number of nitrogens with one attached hydrogen (secondary N) is 2. The van der Waals surface area contributed by atoms with E-state index in [1.807, 2.05) is 13.8 Å². The van der Waals surface area contributed by atoms with E-state index in [0.29, 0.717) is 12.2 Å². The summed E-state index contributed by atoms with van der Waals surface area (Å²) in [6.07, 6.45) is 4.40. The smallest absolute Gasteiger partial charge is 0.226 e.